The standard InChI is InChI=1S/C19H20F3N7O2/c20-19(21,22)15-5-7-26-29(18(15)31)25-6-1-2-17(30)28-10-8-27(9-11-28)16-4-3-14(12-23)13-24-16/h3-5,7,13,25H,1-2,6,8-11H2. The van der Waals surface area contributed by atoms with Gasteiger partial charge in [0.2, 0.25) is 5.91 Å². The molecule has 0 unspecified atom stereocenters. The van der Waals surface area contributed by atoms with Gasteiger partial charge in [0.05, 0.1) is 11.8 Å². The predicted molar refractivity (Wildman–Crippen MR) is 105 cm³/mol. The van der Waals surface area contributed by atoms with E-state index in [9.17, 15) is 22.8 Å². The van der Waals surface area contributed by atoms with Gasteiger partial charge in [-0.1, -0.05) is 0 Å². The summed E-state index contributed by atoms with van der Waals surface area (Å²) < 4.78 is 38.3. The fourth-order valence-electron chi connectivity index (χ4n) is 3.15. The van der Waals surface area contributed by atoms with Crippen molar-refractivity contribution < 1.29 is 18.0 Å². The number of hydrogen-bond donors (Lipinski definition) is 1. The van der Waals surface area contributed by atoms with Crippen LogP contribution >= 0.6 is 0 Å². The fraction of sp³-hybridized carbons (Fsp3) is 0.421. The number of rotatable bonds is 6. The van der Waals surface area contributed by atoms with Gasteiger partial charge in [0.25, 0.3) is 5.56 Å². The van der Waals surface area contributed by atoms with Crippen molar-refractivity contribution >= 4 is 11.7 Å². The number of halogens is 3. The lowest BCUT2D eigenvalue weighted by molar-refractivity contribution is -0.139. The van der Waals surface area contributed by atoms with Gasteiger partial charge in [-0.3, -0.25) is 9.59 Å². The molecule has 12 heteroatoms. The maximum Gasteiger partial charge on any atom is 0.421 e. The number of alkyl halides is 3. The summed E-state index contributed by atoms with van der Waals surface area (Å²) in [5.41, 5.74) is 0.396. The molecule has 31 heavy (non-hydrogen) atoms. The van der Waals surface area contributed by atoms with Gasteiger partial charge < -0.3 is 15.2 Å². The summed E-state index contributed by atoms with van der Waals surface area (Å²) in [4.78, 5) is 32.7. The summed E-state index contributed by atoms with van der Waals surface area (Å²) >= 11 is 0. The topological polar surface area (TPSA) is 107 Å². The number of amides is 1. The smallest absolute Gasteiger partial charge is 0.353 e. The number of anilines is 1. The number of nitrogens with one attached hydrogen (secondary N) is 1. The number of pyridine rings is 1. The molecule has 0 spiro atoms. The van der Waals surface area contributed by atoms with Crippen LogP contribution in [-0.4, -0.2) is 58.4 Å². The predicted octanol–water partition coefficient (Wildman–Crippen LogP) is 1.20. The number of nitriles is 1. The number of carbonyl (C=O) groups is 1. The maximum absolute atomic E-state index is 12.8. The molecule has 1 amide bonds. The molecule has 0 aliphatic carbocycles. The van der Waals surface area contributed by atoms with Crippen molar-refractivity contribution in [2.45, 2.75) is 19.0 Å². The fourth-order valence-corrected chi connectivity index (χ4v) is 3.15. The van der Waals surface area contributed by atoms with E-state index in [1.54, 1.807) is 17.0 Å². The Kier molecular flexibility index (Phi) is 6.74. The maximum atomic E-state index is 12.8. The lowest BCUT2D eigenvalue weighted by atomic mass is 10.2. The molecule has 1 aliphatic rings. The molecular formula is C19H20F3N7O2. The molecule has 164 valence electrons. The summed E-state index contributed by atoms with van der Waals surface area (Å²) in [7, 11) is 0. The van der Waals surface area contributed by atoms with Gasteiger partial charge in [-0.05, 0) is 24.6 Å². The zero-order valence-corrected chi connectivity index (χ0v) is 16.5. The van der Waals surface area contributed by atoms with Crippen LogP contribution in [0, 0.1) is 11.3 Å². The van der Waals surface area contributed by atoms with E-state index in [1.807, 2.05) is 11.0 Å². The second kappa shape index (κ2) is 9.46. The first-order valence-electron chi connectivity index (χ1n) is 9.58. The van der Waals surface area contributed by atoms with Crippen molar-refractivity contribution in [3.05, 3.63) is 52.1 Å². The summed E-state index contributed by atoms with van der Waals surface area (Å²) in [6, 6.07) is 6.10. The van der Waals surface area contributed by atoms with Crippen LogP contribution in [0.25, 0.3) is 0 Å². The normalized spacial score (nSPS) is 14.3. The zero-order chi connectivity index (χ0) is 22.4. The number of piperazine rings is 1. The number of carbonyl (C=O) groups excluding carboxylic acids is 1. The Hall–Kier alpha value is -3.62. The van der Waals surface area contributed by atoms with Gasteiger partial charge in [0.15, 0.2) is 0 Å². The van der Waals surface area contributed by atoms with Gasteiger partial charge in [-0.25, -0.2) is 4.98 Å². The van der Waals surface area contributed by atoms with E-state index in [0.717, 1.165) is 12.0 Å². The molecule has 1 fully saturated rings. The average Bonchev–Trinajstić information content (AvgIpc) is 2.77. The molecule has 3 heterocycles. The van der Waals surface area contributed by atoms with E-state index in [4.69, 9.17) is 5.26 Å². The second-order valence-electron chi connectivity index (χ2n) is 6.86. The van der Waals surface area contributed by atoms with Gasteiger partial charge in [0, 0.05) is 45.3 Å². The van der Waals surface area contributed by atoms with Crippen LogP contribution in [0.15, 0.2) is 35.4 Å². The van der Waals surface area contributed by atoms with Crippen molar-refractivity contribution in [3.8, 4) is 6.07 Å². The monoisotopic (exact) mass is 435 g/mol. The van der Waals surface area contributed by atoms with E-state index in [2.05, 4.69) is 15.5 Å². The summed E-state index contributed by atoms with van der Waals surface area (Å²) in [5, 5.41) is 12.4. The van der Waals surface area contributed by atoms with E-state index < -0.39 is 17.3 Å². The molecule has 9 nitrogen and oxygen atoms in total. The van der Waals surface area contributed by atoms with Crippen LogP contribution in [0.4, 0.5) is 19.0 Å². The highest BCUT2D eigenvalue weighted by Gasteiger charge is 2.34. The molecule has 1 N–H and O–H groups in total. The Morgan fingerprint density at radius 1 is 1.19 bits per heavy atom. The van der Waals surface area contributed by atoms with E-state index >= 15 is 0 Å². The lowest BCUT2D eigenvalue weighted by Gasteiger charge is -2.35. The van der Waals surface area contributed by atoms with E-state index in [0.29, 0.717) is 49.0 Å². The first-order valence-corrected chi connectivity index (χ1v) is 9.58. The number of aromatic nitrogens is 3. The van der Waals surface area contributed by atoms with Crippen LogP contribution in [-0.2, 0) is 11.0 Å². The molecule has 1 aliphatic heterocycles. The zero-order valence-electron chi connectivity index (χ0n) is 16.5. The molecule has 2 aromatic heterocycles. The molecule has 1 saturated heterocycles. The molecule has 0 saturated carbocycles. The lowest BCUT2D eigenvalue weighted by Crippen LogP contribution is -2.49. The quantitative estimate of drug-likeness (QED) is 0.680. The van der Waals surface area contributed by atoms with Crippen molar-refractivity contribution in [2.24, 2.45) is 0 Å². The minimum Gasteiger partial charge on any atom is -0.353 e. The third-order valence-corrected chi connectivity index (χ3v) is 4.81. The third kappa shape index (κ3) is 5.50. The molecule has 0 atom stereocenters. The van der Waals surface area contributed by atoms with Crippen molar-refractivity contribution in [2.75, 3.05) is 43.0 Å². The van der Waals surface area contributed by atoms with Gasteiger partial charge in [-0.15, -0.1) is 4.79 Å². The van der Waals surface area contributed by atoms with E-state index in [1.165, 1.54) is 6.20 Å². The van der Waals surface area contributed by atoms with Gasteiger partial charge in [0.1, 0.15) is 17.5 Å². The Morgan fingerprint density at radius 3 is 2.55 bits per heavy atom. The largest absolute Gasteiger partial charge is 0.421 e. The average molecular weight is 435 g/mol. The van der Waals surface area contributed by atoms with E-state index in [-0.39, 0.29) is 18.9 Å². The highest BCUT2D eigenvalue weighted by Crippen LogP contribution is 2.25. The first-order chi connectivity index (χ1) is 14.8. The SMILES string of the molecule is N#Cc1ccc(N2CCN(C(=O)CCCNn3nccc(C(F)(F)F)c3=O)CC2)nc1. The third-order valence-electron chi connectivity index (χ3n) is 4.81. The Morgan fingerprint density at radius 2 is 1.94 bits per heavy atom. The highest BCUT2D eigenvalue weighted by molar-refractivity contribution is 5.76. The summed E-state index contributed by atoms with van der Waals surface area (Å²) in [5.74, 6) is 0.674. The Balaban J connectivity index is 1.43. The highest BCUT2D eigenvalue weighted by atomic mass is 19.4. The molecule has 0 aromatic carbocycles. The van der Waals surface area contributed by atoms with Gasteiger partial charge in [-0.2, -0.15) is 23.5 Å². The number of hydrogen-bond acceptors (Lipinski definition) is 7. The van der Waals surface area contributed by atoms with Crippen molar-refractivity contribution in [3.63, 3.8) is 0 Å². The Bertz CT molecular complexity index is 1010. The summed E-state index contributed by atoms with van der Waals surface area (Å²) in [6.45, 7) is 2.36. The van der Waals surface area contributed by atoms with Crippen LogP contribution in [0.5, 0.6) is 0 Å². The van der Waals surface area contributed by atoms with Crippen LogP contribution < -0.4 is 15.9 Å². The number of nitrogens with zero attached hydrogens (tertiary/aromatic N) is 6. The van der Waals surface area contributed by atoms with Gasteiger partial charge >= 0.3 is 6.18 Å². The molecule has 2 aromatic rings. The van der Waals surface area contributed by atoms with Crippen LogP contribution in [0.3, 0.4) is 0 Å². The minimum absolute atomic E-state index is 0.0708. The molecule has 0 radical (unpaired) electrons. The minimum atomic E-state index is -4.76. The van der Waals surface area contributed by atoms with Crippen molar-refractivity contribution in [1.82, 2.24) is 19.8 Å². The molecular weight excluding hydrogens is 415 g/mol. The van der Waals surface area contributed by atoms with Crippen LogP contribution in [0.2, 0.25) is 0 Å². The van der Waals surface area contributed by atoms with Crippen LogP contribution in [0.1, 0.15) is 24.0 Å². The molecule has 3 rings (SSSR count). The second-order valence-corrected chi connectivity index (χ2v) is 6.86. The first kappa shape index (κ1) is 22.1. The Labute approximate surface area is 175 Å². The van der Waals surface area contributed by atoms with Crippen molar-refractivity contribution in [1.29, 1.82) is 5.26 Å². The summed E-state index contributed by atoms with van der Waals surface area (Å²) in [6.07, 6.45) is -1.83. The molecule has 0 bridgehead atoms.